The van der Waals surface area contributed by atoms with Crippen LogP contribution < -0.4 is 4.74 Å². The van der Waals surface area contributed by atoms with Gasteiger partial charge >= 0.3 is 0 Å². The second-order valence-corrected chi connectivity index (χ2v) is 5.63. The highest BCUT2D eigenvalue weighted by atomic mass is 16.6. The third kappa shape index (κ3) is 3.84. The van der Waals surface area contributed by atoms with Crippen LogP contribution >= 0.6 is 0 Å². The number of rotatable bonds is 5. The summed E-state index contributed by atoms with van der Waals surface area (Å²) < 4.78 is 5.64. The molecule has 8 heteroatoms. The van der Waals surface area contributed by atoms with E-state index in [2.05, 4.69) is 4.98 Å². The maximum atomic E-state index is 12.1. The number of nitro groups is 1. The zero-order chi connectivity index (χ0) is 18.5. The van der Waals surface area contributed by atoms with E-state index in [9.17, 15) is 14.9 Å². The molecule has 0 saturated carbocycles. The van der Waals surface area contributed by atoms with E-state index in [1.165, 1.54) is 18.2 Å². The fourth-order valence-corrected chi connectivity index (χ4v) is 2.40. The van der Waals surface area contributed by atoms with Crippen molar-refractivity contribution in [1.82, 2.24) is 9.88 Å². The van der Waals surface area contributed by atoms with Gasteiger partial charge in [-0.3, -0.25) is 14.9 Å². The van der Waals surface area contributed by atoms with Crippen LogP contribution in [0.2, 0.25) is 0 Å². The van der Waals surface area contributed by atoms with E-state index < -0.39 is 4.92 Å². The van der Waals surface area contributed by atoms with Gasteiger partial charge in [0.05, 0.1) is 18.0 Å². The summed E-state index contributed by atoms with van der Waals surface area (Å²) in [6.45, 7) is 0.815. The number of nitriles is 1. The molecule has 0 spiro atoms. The third-order valence-electron chi connectivity index (χ3n) is 3.85. The highest BCUT2D eigenvalue weighted by Crippen LogP contribution is 2.20. The number of likely N-dealkylation sites (tertiary alicyclic amines) is 1. The fourth-order valence-electron chi connectivity index (χ4n) is 2.40. The Labute approximate surface area is 149 Å². The average Bonchev–Trinajstić information content (AvgIpc) is 2.63. The van der Waals surface area contributed by atoms with E-state index in [0.29, 0.717) is 24.2 Å². The third-order valence-corrected chi connectivity index (χ3v) is 3.85. The number of benzene rings is 1. The number of amides is 1. The largest absolute Gasteiger partial charge is 0.470 e. The van der Waals surface area contributed by atoms with E-state index in [0.717, 1.165) is 0 Å². The molecule has 1 aromatic heterocycles. The molecule has 0 radical (unpaired) electrons. The number of hydrogen-bond donors (Lipinski definition) is 0. The van der Waals surface area contributed by atoms with Gasteiger partial charge in [0.1, 0.15) is 17.7 Å². The molecule has 1 aliphatic rings. The summed E-state index contributed by atoms with van der Waals surface area (Å²) in [4.78, 5) is 27.9. The van der Waals surface area contributed by atoms with Crippen molar-refractivity contribution in [3.63, 3.8) is 0 Å². The van der Waals surface area contributed by atoms with Crippen molar-refractivity contribution in [2.24, 2.45) is 0 Å². The highest BCUT2D eigenvalue weighted by Gasteiger charge is 2.31. The van der Waals surface area contributed by atoms with Gasteiger partial charge in [-0.05, 0) is 35.9 Å². The van der Waals surface area contributed by atoms with Gasteiger partial charge in [-0.2, -0.15) is 5.26 Å². The van der Waals surface area contributed by atoms with Crippen LogP contribution in [0.3, 0.4) is 0 Å². The van der Waals surface area contributed by atoms with Crippen LogP contribution in [0, 0.1) is 21.4 Å². The predicted octanol–water partition coefficient (Wildman–Crippen LogP) is 2.16. The van der Waals surface area contributed by atoms with Crippen LogP contribution in [0.15, 0.2) is 48.7 Å². The first-order valence-corrected chi connectivity index (χ1v) is 7.80. The van der Waals surface area contributed by atoms with E-state index >= 15 is 0 Å². The highest BCUT2D eigenvalue weighted by molar-refractivity contribution is 5.92. The van der Waals surface area contributed by atoms with E-state index in [-0.39, 0.29) is 23.6 Å². The number of carbonyl (C=O) groups is 1. The molecule has 8 nitrogen and oxygen atoms in total. The molecule has 2 aromatic rings. The molecule has 0 N–H and O–H groups in total. The number of ether oxygens (including phenoxy) is 1. The average molecular weight is 350 g/mol. The number of non-ortho nitro benzene ring substituents is 1. The number of hydrogen-bond acceptors (Lipinski definition) is 6. The summed E-state index contributed by atoms with van der Waals surface area (Å²) in [6.07, 6.45) is 4.37. The SMILES string of the molecule is N#Cc1cccnc1OC1CN(C(=O)/C=C/c2ccc([N+](=O)[O-])cc2)C1. The standard InChI is InChI=1S/C18H14N4O4/c19-10-14-2-1-9-20-18(14)26-16-11-21(12-16)17(23)8-5-13-3-6-15(7-4-13)22(24)25/h1-9,16H,11-12H2/b8-5+. The zero-order valence-corrected chi connectivity index (χ0v) is 13.6. The van der Waals surface area contributed by atoms with Crippen LogP contribution in [0.4, 0.5) is 5.69 Å². The Bertz CT molecular complexity index is 896. The van der Waals surface area contributed by atoms with Crippen molar-refractivity contribution in [2.75, 3.05) is 13.1 Å². The number of aromatic nitrogens is 1. The molecular weight excluding hydrogens is 336 g/mol. The molecule has 0 aliphatic carbocycles. The summed E-state index contributed by atoms with van der Waals surface area (Å²) in [5.41, 5.74) is 1.06. The van der Waals surface area contributed by atoms with Crippen molar-refractivity contribution in [3.05, 3.63) is 69.9 Å². The minimum Gasteiger partial charge on any atom is -0.470 e. The van der Waals surface area contributed by atoms with Gasteiger partial charge < -0.3 is 9.64 Å². The van der Waals surface area contributed by atoms with Gasteiger partial charge in [0.2, 0.25) is 11.8 Å². The van der Waals surface area contributed by atoms with Crippen LogP contribution in [0.5, 0.6) is 5.88 Å². The van der Waals surface area contributed by atoms with E-state index in [4.69, 9.17) is 10.00 Å². The summed E-state index contributed by atoms with van der Waals surface area (Å²) in [5, 5.41) is 19.6. The lowest BCUT2D eigenvalue weighted by atomic mass is 10.1. The van der Waals surface area contributed by atoms with Crippen LogP contribution in [-0.2, 0) is 4.79 Å². The Morgan fingerprint density at radius 3 is 2.73 bits per heavy atom. The van der Waals surface area contributed by atoms with Crippen molar-refractivity contribution in [1.29, 1.82) is 5.26 Å². The fraction of sp³-hybridized carbons (Fsp3) is 0.167. The van der Waals surface area contributed by atoms with Gasteiger partial charge in [0.25, 0.3) is 5.69 Å². The molecule has 1 aliphatic heterocycles. The maximum Gasteiger partial charge on any atom is 0.269 e. The first-order valence-electron chi connectivity index (χ1n) is 7.80. The van der Waals surface area contributed by atoms with Gasteiger partial charge in [-0.25, -0.2) is 4.98 Å². The van der Waals surface area contributed by atoms with Gasteiger partial charge in [-0.1, -0.05) is 0 Å². The Morgan fingerprint density at radius 1 is 1.35 bits per heavy atom. The maximum absolute atomic E-state index is 12.1. The first-order chi connectivity index (χ1) is 12.6. The lowest BCUT2D eigenvalue weighted by Gasteiger charge is -2.38. The summed E-state index contributed by atoms with van der Waals surface area (Å²) in [5.74, 6) is 0.0956. The smallest absolute Gasteiger partial charge is 0.269 e. The van der Waals surface area contributed by atoms with Crippen molar-refractivity contribution in [3.8, 4) is 11.9 Å². The molecule has 26 heavy (non-hydrogen) atoms. The molecule has 0 unspecified atom stereocenters. The molecule has 1 amide bonds. The predicted molar refractivity (Wildman–Crippen MR) is 92.1 cm³/mol. The molecule has 1 aromatic carbocycles. The Balaban J connectivity index is 1.52. The number of nitro benzene ring substituents is 1. The monoisotopic (exact) mass is 350 g/mol. The molecule has 0 atom stereocenters. The van der Waals surface area contributed by atoms with Gasteiger partial charge in [0, 0.05) is 24.4 Å². The van der Waals surface area contributed by atoms with Crippen LogP contribution in [-0.4, -0.2) is 39.9 Å². The number of nitrogens with zero attached hydrogens (tertiary/aromatic N) is 4. The molecule has 3 rings (SSSR count). The lowest BCUT2D eigenvalue weighted by Crippen LogP contribution is -2.55. The number of carbonyl (C=O) groups excluding carboxylic acids is 1. The first kappa shape index (κ1) is 17.1. The van der Waals surface area contributed by atoms with Gasteiger partial charge in [0.15, 0.2) is 0 Å². The molecular formula is C18H14N4O4. The number of pyridine rings is 1. The summed E-state index contributed by atoms with van der Waals surface area (Å²) in [7, 11) is 0. The minimum absolute atomic E-state index is 0.00229. The molecule has 1 saturated heterocycles. The second kappa shape index (κ2) is 7.44. The van der Waals surface area contributed by atoms with E-state index in [1.807, 2.05) is 6.07 Å². The van der Waals surface area contributed by atoms with Crippen molar-refractivity contribution < 1.29 is 14.5 Å². The second-order valence-electron chi connectivity index (χ2n) is 5.63. The normalized spacial score (nSPS) is 13.9. The minimum atomic E-state index is -0.474. The van der Waals surface area contributed by atoms with Crippen molar-refractivity contribution in [2.45, 2.75) is 6.10 Å². The van der Waals surface area contributed by atoms with E-state index in [1.54, 1.807) is 41.4 Å². The van der Waals surface area contributed by atoms with Crippen LogP contribution in [0.1, 0.15) is 11.1 Å². The van der Waals surface area contributed by atoms with Crippen molar-refractivity contribution >= 4 is 17.7 Å². The Hall–Kier alpha value is -3.73. The molecule has 0 bridgehead atoms. The molecule has 2 heterocycles. The summed E-state index contributed by atoms with van der Waals surface area (Å²) >= 11 is 0. The van der Waals surface area contributed by atoms with Crippen LogP contribution in [0.25, 0.3) is 6.08 Å². The summed E-state index contributed by atoms with van der Waals surface area (Å²) in [6, 6.07) is 11.2. The molecule has 1 fully saturated rings. The van der Waals surface area contributed by atoms with Gasteiger partial charge in [-0.15, -0.1) is 0 Å². The quantitative estimate of drug-likeness (QED) is 0.464. The lowest BCUT2D eigenvalue weighted by molar-refractivity contribution is -0.384. The topological polar surface area (TPSA) is 109 Å². The Morgan fingerprint density at radius 2 is 2.08 bits per heavy atom. The molecule has 130 valence electrons. The zero-order valence-electron chi connectivity index (χ0n) is 13.6. The Kier molecular flexibility index (Phi) is 4.90.